The van der Waals surface area contributed by atoms with Gasteiger partial charge in [0.05, 0.1) is 19.3 Å². The van der Waals surface area contributed by atoms with Gasteiger partial charge >= 0.3 is 0 Å². The third-order valence-corrected chi connectivity index (χ3v) is 3.19. The number of amidine groups is 1. The van der Waals surface area contributed by atoms with Gasteiger partial charge in [-0.3, -0.25) is 0 Å². The molecule has 4 N–H and O–H groups in total. The summed E-state index contributed by atoms with van der Waals surface area (Å²) in [7, 11) is 0. The molecule has 1 aromatic carbocycles. The van der Waals surface area contributed by atoms with E-state index < -0.39 is 0 Å². The molecule has 0 radical (unpaired) electrons. The lowest BCUT2D eigenvalue weighted by Gasteiger charge is -2.29. The standard InChI is InChI=1S/C13H20N4O2/c1-10(13(14)16-18)15-11-2-4-12(5-3-11)17-6-8-19-9-7-17/h2-5,10,15,18H,6-9H2,1H3,(H2,14,16). The summed E-state index contributed by atoms with van der Waals surface area (Å²) in [5.74, 6) is 0.164. The lowest BCUT2D eigenvalue weighted by atomic mass is 10.2. The molecular weight excluding hydrogens is 244 g/mol. The Labute approximate surface area is 112 Å². The van der Waals surface area contributed by atoms with Crippen molar-refractivity contribution in [2.45, 2.75) is 13.0 Å². The highest BCUT2D eigenvalue weighted by Gasteiger charge is 2.11. The molecule has 0 saturated carbocycles. The van der Waals surface area contributed by atoms with Crippen molar-refractivity contribution in [3.63, 3.8) is 0 Å². The van der Waals surface area contributed by atoms with Crippen LogP contribution >= 0.6 is 0 Å². The Kier molecular flexibility index (Phi) is 4.46. The zero-order valence-electron chi connectivity index (χ0n) is 11.0. The molecule has 1 saturated heterocycles. The van der Waals surface area contributed by atoms with Crippen LogP contribution in [-0.4, -0.2) is 43.4 Å². The van der Waals surface area contributed by atoms with E-state index in [1.807, 2.05) is 19.1 Å². The number of hydrogen-bond acceptors (Lipinski definition) is 5. The van der Waals surface area contributed by atoms with Crippen LogP contribution in [-0.2, 0) is 4.74 Å². The molecule has 1 fully saturated rings. The van der Waals surface area contributed by atoms with Gasteiger partial charge in [0.15, 0.2) is 5.84 Å². The van der Waals surface area contributed by atoms with Crippen molar-refractivity contribution >= 4 is 17.2 Å². The van der Waals surface area contributed by atoms with E-state index in [-0.39, 0.29) is 11.9 Å². The lowest BCUT2D eigenvalue weighted by Crippen LogP contribution is -2.36. The Morgan fingerprint density at radius 2 is 2.00 bits per heavy atom. The maximum Gasteiger partial charge on any atom is 0.161 e. The zero-order valence-corrected chi connectivity index (χ0v) is 11.0. The van der Waals surface area contributed by atoms with Gasteiger partial charge in [-0.05, 0) is 31.2 Å². The molecule has 1 aliphatic heterocycles. The summed E-state index contributed by atoms with van der Waals surface area (Å²) in [4.78, 5) is 2.29. The van der Waals surface area contributed by atoms with E-state index in [0.29, 0.717) is 0 Å². The number of nitrogens with two attached hydrogens (primary N) is 1. The van der Waals surface area contributed by atoms with E-state index in [1.54, 1.807) is 0 Å². The Morgan fingerprint density at radius 1 is 1.37 bits per heavy atom. The van der Waals surface area contributed by atoms with Gasteiger partial charge in [0.2, 0.25) is 0 Å². The molecule has 6 nitrogen and oxygen atoms in total. The third-order valence-electron chi connectivity index (χ3n) is 3.19. The Balaban J connectivity index is 1.98. The van der Waals surface area contributed by atoms with Crippen LogP contribution in [0.1, 0.15) is 6.92 Å². The fourth-order valence-electron chi connectivity index (χ4n) is 2.00. The first-order valence-corrected chi connectivity index (χ1v) is 6.37. The minimum Gasteiger partial charge on any atom is -0.409 e. The summed E-state index contributed by atoms with van der Waals surface area (Å²) in [5, 5.41) is 14.8. The first-order valence-electron chi connectivity index (χ1n) is 6.37. The topological polar surface area (TPSA) is 83.1 Å². The average molecular weight is 264 g/mol. The van der Waals surface area contributed by atoms with Crippen molar-refractivity contribution < 1.29 is 9.94 Å². The summed E-state index contributed by atoms with van der Waals surface area (Å²) >= 11 is 0. The van der Waals surface area contributed by atoms with Crippen molar-refractivity contribution in [1.29, 1.82) is 0 Å². The van der Waals surface area contributed by atoms with Crippen LogP contribution in [0.4, 0.5) is 11.4 Å². The van der Waals surface area contributed by atoms with E-state index >= 15 is 0 Å². The number of anilines is 2. The molecule has 0 aromatic heterocycles. The van der Waals surface area contributed by atoms with Gasteiger partial charge in [0.1, 0.15) is 0 Å². The van der Waals surface area contributed by atoms with Gasteiger partial charge in [-0.1, -0.05) is 5.16 Å². The highest BCUT2D eigenvalue weighted by Crippen LogP contribution is 2.19. The predicted octanol–water partition coefficient (Wildman–Crippen LogP) is 1.07. The molecule has 0 aliphatic carbocycles. The molecule has 0 amide bonds. The van der Waals surface area contributed by atoms with Gasteiger partial charge < -0.3 is 25.9 Å². The lowest BCUT2D eigenvalue weighted by molar-refractivity contribution is 0.122. The van der Waals surface area contributed by atoms with Crippen molar-refractivity contribution in [2.75, 3.05) is 36.5 Å². The molecule has 104 valence electrons. The van der Waals surface area contributed by atoms with E-state index in [4.69, 9.17) is 15.7 Å². The van der Waals surface area contributed by atoms with Crippen molar-refractivity contribution in [1.82, 2.24) is 0 Å². The van der Waals surface area contributed by atoms with Crippen molar-refractivity contribution in [3.05, 3.63) is 24.3 Å². The zero-order chi connectivity index (χ0) is 13.7. The molecule has 6 heteroatoms. The average Bonchev–Trinajstić information content (AvgIpc) is 2.48. The molecule has 19 heavy (non-hydrogen) atoms. The summed E-state index contributed by atoms with van der Waals surface area (Å²) in [6, 6.07) is 7.90. The molecule has 1 atom stereocenters. The second-order valence-corrected chi connectivity index (χ2v) is 4.54. The van der Waals surface area contributed by atoms with Crippen LogP contribution in [0.15, 0.2) is 29.4 Å². The molecule has 1 heterocycles. The van der Waals surface area contributed by atoms with Gasteiger partial charge in [-0.15, -0.1) is 0 Å². The maximum atomic E-state index is 8.60. The molecule has 1 aliphatic rings. The molecule has 2 rings (SSSR count). The van der Waals surface area contributed by atoms with Crippen molar-refractivity contribution in [2.24, 2.45) is 10.9 Å². The summed E-state index contributed by atoms with van der Waals surface area (Å²) in [6.45, 7) is 5.24. The van der Waals surface area contributed by atoms with Crippen LogP contribution in [0.25, 0.3) is 0 Å². The Morgan fingerprint density at radius 3 is 2.58 bits per heavy atom. The molecule has 1 unspecified atom stereocenters. The Hall–Kier alpha value is -1.95. The fourth-order valence-corrected chi connectivity index (χ4v) is 2.00. The number of benzene rings is 1. The number of rotatable bonds is 4. The second-order valence-electron chi connectivity index (χ2n) is 4.54. The minimum absolute atomic E-state index is 0.164. The minimum atomic E-state index is -0.209. The van der Waals surface area contributed by atoms with E-state index in [9.17, 15) is 0 Å². The maximum absolute atomic E-state index is 8.60. The first-order chi connectivity index (χ1) is 9.20. The molecule has 0 bridgehead atoms. The van der Waals surface area contributed by atoms with Crippen LogP contribution in [0, 0.1) is 0 Å². The monoisotopic (exact) mass is 264 g/mol. The number of hydrogen-bond donors (Lipinski definition) is 3. The smallest absolute Gasteiger partial charge is 0.161 e. The van der Waals surface area contributed by atoms with Crippen molar-refractivity contribution in [3.8, 4) is 0 Å². The quantitative estimate of drug-likeness (QED) is 0.328. The first kappa shape index (κ1) is 13.5. The predicted molar refractivity (Wildman–Crippen MR) is 76.0 cm³/mol. The largest absolute Gasteiger partial charge is 0.409 e. The number of nitrogens with zero attached hydrogens (tertiary/aromatic N) is 2. The molecule has 1 aromatic rings. The third kappa shape index (κ3) is 3.51. The van der Waals surface area contributed by atoms with Crippen LogP contribution in [0.2, 0.25) is 0 Å². The summed E-state index contributed by atoms with van der Waals surface area (Å²) < 4.78 is 5.33. The number of nitrogens with one attached hydrogen (secondary N) is 1. The van der Waals surface area contributed by atoms with E-state index in [1.165, 1.54) is 5.69 Å². The fraction of sp³-hybridized carbons (Fsp3) is 0.462. The normalized spacial score (nSPS) is 18.2. The van der Waals surface area contributed by atoms with Crippen LogP contribution in [0.3, 0.4) is 0 Å². The van der Waals surface area contributed by atoms with Crippen LogP contribution < -0.4 is 16.0 Å². The number of oxime groups is 1. The van der Waals surface area contributed by atoms with Gasteiger partial charge in [0, 0.05) is 24.5 Å². The van der Waals surface area contributed by atoms with Gasteiger partial charge in [0.25, 0.3) is 0 Å². The van der Waals surface area contributed by atoms with Gasteiger partial charge in [-0.25, -0.2) is 0 Å². The summed E-state index contributed by atoms with van der Waals surface area (Å²) in [5.41, 5.74) is 7.65. The van der Waals surface area contributed by atoms with E-state index in [2.05, 4.69) is 27.5 Å². The highest BCUT2D eigenvalue weighted by molar-refractivity contribution is 5.87. The van der Waals surface area contributed by atoms with Crippen LogP contribution in [0.5, 0.6) is 0 Å². The number of ether oxygens (including phenoxy) is 1. The SMILES string of the molecule is CC(Nc1ccc(N2CCOCC2)cc1)C(N)=NO. The van der Waals surface area contributed by atoms with E-state index in [0.717, 1.165) is 32.0 Å². The molecular formula is C13H20N4O2. The second kappa shape index (κ2) is 6.29. The van der Waals surface area contributed by atoms with Gasteiger partial charge in [-0.2, -0.15) is 0 Å². The Bertz CT molecular complexity index is 427. The summed E-state index contributed by atoms with van der Waals surface area (Å²) in [6.07, 6.45) is 0. The highest BCUT2D eigenvalue weighted by atomic mass is 16.5. The number of morpholine rings is 1. The molecule has 0 spiro atoms.